The Morgan fingerprint density at radius 3 is 2.90 bits per heavy atom. The van der Waals surface area contributed by atoms with Crippen molar-refractivity contribution in [2.24, 2.45) is 0 Å². The fraction of sp³-hybridized carbons (Fsp3) is 0.533. The molecule has 0 radical (unpaired) electrons. The molecular formula is C15H22ClNO3. The fourth-order valence-corrected chi connectivity index (χ4v) is 2.51. The normalized spacial score (nSPS) is 18.6. The third kappa shape index (κ3) is 4.12. The van der Waals surface area contributed by atoms with Crippen molar-refractivity contribution >= 4 is 18.4 Å². The van der Waals surface area contributed by atoms with Crippen molar-refractivity contribution in [3.8, 4) is 5.75 Å². The van der Waals surface area contributed by atoms with E-state index in [1.165, 1.54) is 5.56 Å². The molecule has 1 saturated heterocycles. The maximum atomic E-state index is 11.1. The van der Waals surface area contributed by atoms with Crippen molar-refractivity contribution < 1.29 is 14.6 Å². The summed E-state index contributed by atoms with van der Waals surface area (Å²) in [6, 6.07) is 5.79. The predicted molar refractivity (Wildman–Crippen MR) is 80.9 cm³/mol. The van der Waals surface area contributed by atoms with Gasteiger partial charge in [-0.2, -0.15) is 0 Å². The summed E-state index contributed by atoms with van der Waals surface area (Å²) in [5, 5.41) is 9.10. The number of carboxylic acid groups (broad SMARTS) is 1. The van der Waals surface area contributed by atoms with E-state index in [0.29, 0.717) is 13.2 Å². The van der Waals surface area contributed by atoms with Gasteiger partial charge >= 0.3 is 5.97 Å². The van der Waals surface area contributed by atoms with Gasteiger partial charge in [0.15, 0.2) is 0 Å². The number of aliphatic carboxylic acids is 1. The minimum atomic E-state index is -0.718. The number of halogens is 1. The average Bonchev–Trinajstić information content (AvgIpc) is 2.82. The highest BCUT2D eigenvalue weighted by Crippen LogP contribution is 2.20. The van der Waals surface area contributed by atoms with E-state index in [9.17, 15) is 4.79 Å². The lowest BCUT2D eigenvalue weighted by Crippen LogP contribution is -2.38. The molecule has 0 aromatic heterocycles. The fourth-order valence-electron chi connectivity index (χ4n) is 2.51. The van der Waals surface area contributed by atoms with E-state index in [1.807, 2.05) is 30.9 Å². The zero-order chi connectivity index (χ0) is 13.8. The molecule has 0 saturated carbocycles. The smallest absolute Gasteiger partial charge is 0.320 e. The Morgan fingerprint density at radius 2 is 2.20 bits per heavy atom. The Morgan fingerprint density at radius 1 is 1.45 bits per heavy atom. The largest absolute Gasteiger partial charge is 0.492 e. The first kappa shape index (κ1) is 16.8. The van der Waals surface area contributed by atoms with Gasteiger partial charge in [0.05, 0.1) is 0 Å². The average molecular weight is 300 g/mol. The number of hydrogen-bond acceptors (Lipinski definition) is 3. The van der Waals surface area contributed by atoms with Crippen LogP contribution in [0.5, 0.6) is 5.75 Å². The zero-order valence-electron chi connectivity index (χ0n) is 12.0. The first-order valence-electron chi connectivity index (χ1n) is 6.75. The van der Waals surface area contributed by atoms with Crippen LogP contribution >= 0.6 is 12.4 Å². The third-order valence-corrected chi connectivity index (χ3v) is 3.63. The Kier molecular flexibility index (Phi) is 6.30. The van der Waals surface area contributed by atoms with Gasteiger partial charge in [0, 0.05) is 6.54 Å². The van der Waals surface area contributed by atoms with Gasteiger partial charge in [-0.15, -0.1) is 12.4 Å². The molecule has 1 aromatic rings. The highest BCUT2D eigenvalue weighted by Gasteiger charge is 2.29. The molecule has 0 amide bonds. The first-order valence-corrected chi connectivity index (χ1v) is 6.75. The molecule has 5 heteroatoms. The van der Waals surface area contributed by atoms with Crippen LogP contribution in [0.25, 0.3) is 0 Å². The van der Waals surface area contributed by atoms with Crippen molar-refractivity contribution in [2.75, 3.05) is 19.7 Å². The minimum Gasteiger partial charge on any atom is -0.492 e. The molecule has 1 aliphatic heterocycles. The summed E-state index contributed by atoms with van der Waals surface area (Å²) in [7, 11) is 0. The molecule has 0 unspecified atom stereocenters. The Bertz CT molecular complexity index is 464. The van der Waals surface area contributed by atoms with E-state index >= 15 is 0 Å². The molecular weight excluding hydrogens is 278 g/mol. The van der Waals surface area contributed by atoms with Gasteiger partial charge in [-0.25, -0.2) is 0 Å². The molecule has 112 valence electrons. The van der Waals surface area contributed by atoms with E-state index in [0.717, 1.165) is 30.7 Å². The highest BCUT2D eigenvalue weighted by atomic mass is 35.5. The lowest BCUT2D eigenvalue weighted by Gasteiger charge is -2.21. The van der Waals surface area contributed by atoms with Crippen LogP contribution in [-0.4, -0.2) is 41.7 Å². The van der Waals surface area contributed by atoms with Crippen molar-refractivity contribution in [3.63, 3.8) is 0 Å². The van der Waals surface area contributed by atoms with Crippen LogP contribution in [0.4, 0.5) is 0 Å². The molecule has 1 fully saturated rings. The van der Waals surface area contributed by atoms with E-state index in [-0.39, 0.29) is 18.4 Å². The summed E-state index contributed by atoms with van der Waals surface area (Å²) in [6.45, 7) is 6.11. The molecule has 2 rings (SSSR count). The van der Waals surface area contributed by atoms with E-state index in [2.05, 4.69) is 6.07 Å². The quantitative estimate of drug-likeness (QED) is 0.908. The van der Waals surface area contributed by atoms with Crippen LogP contribution in [0, 0.1) is 13.8 Å². The van der Waals surface area contributed by atoms with Crippen LogP contribution in [-0.2, 0) is 4.79 Å². The van der Waals surface area contributed by atoms with Crippen LogP contribution < -0.4 is 4.74 Å². The first-order chi connectivity index (χ1) is 9.08. The van der Waals surface area contributed by atoms with Gasteiger partial charge in [0.25, 0.3) is 0 Å². The van der Waals surface area contributed by atoms with Crippen molar-refractivity contribution in [1.29, 1.82) is 0 Å². The number of rotatable bonds is 5. The SMILES string of the molecule is Cc1ccc(C)c(OCCN2CCC[C@H]2C(=O)O)c1.Cl. The molecule has 4 nitrogen and oxygen atoms in total. The second-order valence-electron chi connectivity index (χ2n) is 5.15. The van der Waals surface area contributed by atoms with Gasteiger partial charge in [0.1, 0.15) is 18.4 Å². The summed E-state index contributed by atoms with van der Waals surface area (Å²) in [6.07, 6.45) is 1.71. The summed E-state index contributed by atoms with van der Waals surface area (Å²) >= 11 is 0. The molecule has 1 aliphatic rings. The van der Waals surface area contributed by atoms with E-state index in [4.69, 9.17) is 9.84 Å². The molecule has 1 heterocycles. The van der Waals surface area contributed by atoms with Crippen molar-refractivity contribution in [2.45, 2.75) is 32.7 Å². The molecule has 20 heavy (non-hydrogen) atoms. The number of carbonyl (C=O) groups is 1. The summed E-state index contributed by atoms with van der Waals surface area (Å²) in [5.74, 6) is 0.176. The van der Waals surface area contributed by atoms with Crippen LogP contribution in [0.15, 0.2) is 18.2 Å². The molecule has 0 aliphatic carbocycles. The summed E-state index contributed by atoms with van der Waals surface area (Å²) in [5.41, 5.74) is 2.28. The lowest BCUT2D eigenvalue weighted by atomic mass is 10.1. The number of hydrogen-bond donors (Lipinski definition) is 1. The van der Waals surface area contributed by atoms with Crippen LogP contribution in [0.2, 0.25) is 0 Å². The number of aryl methyl sites for hydroxylation is 2. The Labute approximate surface area is 126 Å². The Balaban J connectivity index is 0.00000200. The molecule has 0 spiro atoms. The molecule has 1 atom stereocenters. The van der Waals surface area contributed by atoms with Gasteiger partial charge in [-0.3, -0.25) is 9.69 Å². The highest BCUT2D eigenvalue weighted by molar-refractivity contribution is 5.85. The standard InChI is InChI=1S/C15H21NO3.ClH/c1-11-5-6-12(2)14(10-11)19-9-8-16-7-3-4-13(16)15(17)18;/h5-6,10,13H,3-4,7-9H2,1-2H3,(H,17,18);1H/t13-;/m0./s1. The maximum Gasteiger partial charge on any atom is 0.320 e. The zero-order valence-corrected chi connectivity index (χ0v) is 12.8. The molecule has 1 N–H and O–H groups in total. The molecule has 0 bridgehead atoms. The summed E-state index contributed by atoms with van der Waals surface area (Å²) < 4.78 is 5.77. The maximum absolute atomic E-state index is 11.1. The minimum absolute atomic E-state index is 0. The molecule has 1 aromatic carbocycles. The predicted octanol–water partition coefficient (Wildman–Crippen LogP) is 2.65. The van der Waals surface area contributed by atoms with Crippen LogP contribution in [0.1, 0.15) is 24.0 Å². The van der Waals surface area contributed by atoms with Crippen molar-refractivity contribution in [1.82, 2.24) is 4.90 Å². The number of nitrogens with zero attached hydrogens (tertiary/aromatic N) is 1. The second-order valence-corrected chi connectivity index (χ2v) is 5.15. The van der Waals surface area contributed by atoms with E-state index in [1.54, 1.807) is 0 Å². The summed E-state index contributed by atoms with van der Waals surface area (Å²) in [4.78, 5) is 13.1. The topological polar surface area (TPSA) is 49.8 Å². The Hall–Kier alpha value is -1.26. The van der Waals surface area contributed by atoms with Crippen LogP contribution in [0.3, 0.4) is 0 Å². The third-order valence-electron chi connectivity index (χ3n) is 3.63. The van der Waals surface area contributed by atoms with E-state index < -0.39 is 5.97 Å². The van der Waals surface area contributed by atoms with Gasteiger partial charge in [0.2, 0.25) is 0 Å². The van der Waals surface area contributed by atoms with Gasteiger partial charge < -0.3 is 9.84 Å². The van der Waals surface area contributed by atoms with Crippen molar-refractivity contribution in [3.05, 3.63) is 29.3 Å². The van der Waals surface area contributed by atoms with Gasteiger partial charge in [-0.1, -0.05) is 12.1 Å². The van der Waals surface area contributed by atoms with Gasteiger partial charge in [-0.05, 0) is 50.4 Å². The number of carboxylic acids is 1. The monoisotopic (exact) mass is 299 g/mol. The lowest BCUT2D eigenvalue weighted by molar-refractivity contribution is -0.142. The number of benzene rings is 1. The second kappa shape index (κ2) is 7.50. The number of ether oxygens (including phenoxy) is 1. The number of likely N-dealkylation sites (tertiary alicyclic amines) is 1.